The lowest BCUT2D eigenvalue weighted by Crippen LogP contribution is -2.36. The summed E-state index contributed by atoms with van der Waals surface area (Å²) in [4.78, 5) is 25.4. The predicted molar refractivity (Wildman–Crippen MR) is 123 cm³/mol. The van der Waals surface area contributed by atoms with Gasteiger partial charge in [-0.25, -0.2) is 4.68 Å². The standard InChI is InChI=1S/C25H25N5O2/c1-17-24(18(2)29(3)27-17)21-14-15-23(32)30(28-21)16-22(31)26-25(19-10-6-4-7-11-19)20-12-8-5-9-13-20/h4-15,25H,16H2,1-3H3,(H,26,31). The number of aromatic nitrogens is 4. The summed E-state index contributed by atoms with van der Waals surface area (Å²) in [5, 5.41) is 11.9. The van der Waals surface area contributed by atoms with Crippen LogP contribution < -0.4 is 10.9 Å². The average molecular weight is 428 g/mol. The molecule has 0 aliphatic carbocycles. The first-order chi connectivity index (χ1) is 15.4. The lowest BCUT2D eigenvalue weighted by atomic mass is 9.99. The van der Waals surface area contributed by atoms with Gasteiger partial charge < -0.3 is 5.32 Å². The third kappa shape index (κ3) is 4.37. The monoisotopic (exact) mass is 427 g/mol. The second-order valence-corrected chi connectivity index (χ2v) is 7.71. The number of amides is 1. The molecule has 162 valence electrons. The first-order valence-electron chi connectivity index (χ1n) is 10.4. The van der Waals surface area contributed by atoms with Gasteiger partial charge in [0, 0.05) is 24.4 Å². The van der Waals surface area contributed by atoms with E-state index in [9.17, 15) is 9.59 Å². The Morgan fingerprint density at radius 1 is 0.906 bits per heavy atom. The number of rotatable bonds is 6. The maximum Gasteiger partial charge on any atom is 0.267 e. The van der Waals surface area contributed by atoms with Gasteiger partial charge in [-0.1, -0.05) is 60.7 Å². The number of aryl methyl sites for hydroxylation is 2. The molecule has 2 heterocycles. The molecule has 2 aromatic heterocycles. The summed E-state index contributed by atoms with van der Waals surface area (Å²) >= 11 is 0. The number of hydrogen-bond donors (Lipinski definition) is 1. The Morgan fingerprint density at radius 3 is 2.03 bits per heavy atom. The molecule has 7 heteroatoms. The summed E-state index contributed by atoms with van der Waals surface area (Å²) in [5.74, 6) is -0.297. The SMILES string of the molecule is Cc1nn(C)c(C)c1-c1ccc(=O)n(CC(=O)NC(c2ccccc2)c2ccccc2)n1. The molecule has 1 N–H and O–H groups in total. The van der Waals surface area contributed by atoms with E-state index >= 15 is 0 Å². The molecule has 7 nitrogen and oxygen atoms in total. The number of benzene rings is 2. The maximum atomic E-state index is 13.0. The molecule has 0 atom stereocenters. The van der Waals surface area contributed by atoms with Crippen LogP contribution in [0.5, 0.6) is 0 Å². The van der Waals surface area contributed by atoms with Crippen LogP contribution in [-0.2, 0) is 18.4 Å². The second-order valence-electron chi connectivity index (χ2n) is 7.71. The van der Waals surface area contributed by atoms with E-state index in [-0.39, 0.29) is 24.1 Å². The van der Waals surface area contributed by atoms with Crippen LogP contribution in [0.1, 0.15) is 28.6 Å². The highest BCUT2D eigenvalue weighted by Gasteiger charge is 2.19. The summed E-state index contributed by atoms with van der Waals surface area (Å²) in [6.45, 7) is 3.67. The molecule has 0 aliphatic heterocycles. The number of carbonyl (C=O) groups excluding carboxylic acids is 1. The van der Waals surface area contributed by atoms with Gasteiger partial charge in [0.2, 0.25) is 5.91 Å². The molecule has 0 bridgehead atoms. The fourth-order valence-corrected chi connectivity index (χ4v) is 3.83. The quantitative estimate of drug-likeness (QED) is 0.512. The van der Waals surface area contributed by atoms with E-state index in [0.717, 1.165) is 28.1 Å². The molecule has 0 radical (unpaired) electrons. The molecule has 2 aromatic carbocycles. The highest BCUT2D eigenvalue weighted by atomic mass is 16.2. The lowest BCUT2D eigenvalue weighted by molar-refractivity contribution is -0.122. The minimum absolute atomic E-state index is 0.179. The van der Waals surface area contributed by atoms with Crippen LogP contribution in [0.3, 0.4) is 0 Å². The van der Waals surface area contributed by atoms with Crippen molar-refractivity contribution in [3.63, 3.8) is 0 Å². The van der Waals surface area contributed by atoms with E-state index in [1.807, 2.05) is 81.6 Å². The van der Waals surface area contributed by atoms with Crippen LogP contribution in [0.15, 0.2) is 77.6 Å². The number of nitrogens with one attached hydrogen (secondary N) is 1. The smallest absolute Gasteiger partial charge is 0.267 e. The number of carbonyl (C=O) groups is 1. The van der Waals surface area contributed by atoms with E-state index in [1.54, 1.807) is 10.7 Å². The molecule has 4 aromatic rings. The summed E-state index contributed by atoms with van der Waals surface area (Å²) < 4.78 is 2.97. The molecule has 4 rings (SSSR count). The van der Waals surface area contributed by atoms with Crippen molar-refractivity contribution in [3.05, 3.63) is 106 Å². The molecule has 32 heavy (non-hydrogen) atoms. The van der Waals surface area contributed by atoms with Gasteiger partial charge in [0.15, 0.2) is 0 Å². The van der Waals surface area contributed by atoms with E-state index < -0.39 is 0 Å². The van der Waals surface area contributed by atoms with Crippen LogP contribution in [0, 0.1) is 13.8 Å². The van der Waals surface area contributed by atoms with Crippen LogP contribution in [0.2, 0.25) is 0 Å². The van der Waals surface area contributed by atoms with E-state index in [0.29, 0.717) is 5.69 Å². The number of nitrogens with zero attached hydrogens (tertiary/aromatic N) is 4. The largest absolute Gasteiger partial charge is 0.344 e. The molecule has 0 spiro atoms. The molecule has 1 amide bonds. The van der Waals surface area contributed by atoms with Crippen LogP contribution in [0.4, 0.5) is 0 Å². The topological polar surface area (TPSA) is 81.8 Å². The Hall–Kier alpha value is -4.00. The predicted octanol–water partition coefficient (Wildman–Crippen LogP) is 3.17. The van der Waals surface area contributed by atoms with Gasteiger partial charge in [-0.2, -0.15) is 10.2 Å². The van der Waals surface area contributed by atoms with E-state index in [1.165, 1.54) is 10.7 Å². The first-order valence-corrected chi connectivity index (χ1v) is 10.4. The van der Waals surface area contributed by atoms with Gasteiger partial charge in [0.05, 0.1) is 17.4 Å². The third-order valence-corrected chi connectivity index (χ3v) is 5.50. The molecule has 0 aliphatic rings. The number of hydrogen-bond acceptors (Lipinski definition) is 4. The van der Waals surface area contributed by atoms with Crippen LogP contribution in [-0.4, -0.2) is 25.5 Å². The Balaban J connectivity index is 1.61. The maximum absolute atomic E-state index is 13.0. The zero-order valence-corrected chi connectivity index (χ0v) is 18.3. The lowest BCUT2D eigenvalue weighted by Gasteiger charge is -2.20. The molecular weight excluding hydrogens is 402 g/mol. The molecule has 0 saturated heterocycles. The normalized spacial score (nSPS) is 11.0. The fraction of sp³-hybridized carbons (Fsp3) is 0.200. The van der Waals surface area contributed by atoms with Gasteiger partial charge in [-0.15, -0.1) is 0 Å². The van der Waals surface area contributed by atoms with E-state index in [2.05, 4.69) is 15.5 Å². The summed E-state index contributed by atoms with van der Waals surface area (Å²) in [7, 11) is 1.86. The van der Waals surface area contributed by atoms with Crippen molar-refractivity contribution in [2.45, 2.75) is 26.4 Å². The van der Waals surface area contributed by atoms with Crippen molar-refractivity contribution in [1.82, 2.24) is 24.9 Å². The highest BCUT2D eigenvalue weighted by molar-refractivity contribution is 5.77. The molecule has 0 fully saturated rings. The van der Waals surface area contributed by atoms with Gasteiger partial charge >= 0.3 is 0 Å². The van der Waals surface area contributed by atoms with Crippen LogP contribution >= 0.6 is 0 Å². The van der Waals surface area contributed by atoms with Crippen molar-refractivity contribution in [1.29, 1.82) is 0 Å². The summed E-state index contributed by atoms with van der Waals surface area (Å²) in [6, 6.07) is 22.3. The summed E-state index contributed by atoms with van der Waals surface area (Å²) in [6.07, 6.45) is 0. The second kappa shape index (κ2) is 9.01. The Kier molecular flexibility index (Phi) is 5.98. The van der Waals surface area contributed by atoms with Gasteiger partial charge in [0.25, 0.3) is 5.56 Å². The minimum atomic E-state index is -0.334. The van der Waals surface area contributed by atoms with Gasteiger partial charge in [0.1, 0.15) is 6.54 Å². The first kappa shape index (κ1) is 21.2. The van der Waals surface area contributed by atoms with E-state index in [4.69, 9.17) is 0 Å². The van der Waals surface area contributed by atoms with Gasteiger partial charge in [-0.3, -0.25) is 14.3 Å². The highest BCUT2D eigenvalue weighted by Crippen LogP contribution is 2.24. The van der Waals surface area contributed by atoms with Crippen molar-refractivity contribution < 1.29 is 4.79 Å². The average Bonchev–Trinajstić information content (AvgIpc) is 3.06. The van der Waals surface area contributed by atoms with Gasteiger partial charge in [-0.05, 0) is 31.0 Å². The van der Waals surface area contributed by atoms with Crippen molar-refractivity contribution >= 4 is 5.91 Å². The minimum Gasteiger partial charge on any atom is -0.344 e. The van der Waals surface area contributed by atoms with Crippen molar-refractivity contribution in [3.8, 4) is 11.3 Å². The molecule has 0 saturated carbocycles. The van der Waals surface area contributed by atoms with Crippen LogP contribution in [0.25, 0.3) is 11.3 Å². The fourth-order valence-electron chi connectivity index (χ4n) is 3.83. The Labute approximate surface area is 186 Å². The van der Waals surface area contributed by atoms with Crippen molar-refractivity contribution in [2.75, 3.05) is 0 Å². The zero-order valence-electron chi connectivity index (χ0n) is 18.3. The summed E-state index contributed by atoms with van der Waals surface area (Å²) in [5.41, 5.74) is 4.83. The third-order valence-electron chi connectivity index (χ3n) is 5.50. The Morgan fingerprint density at radius 2 is 1.50 bits per heavy atom. The van der Waals surface area contributed by atoms with Crippen molar-refractivity contribution in [2.24, 2.45) is 7.05 Å². The Bertz CT molecular complexity index is 1250. The molecular formula is C25H25N5O2. The molecule has 0 unspecified atom stereocenters. The zero-order chi connectivity index (χ0) is 22.7.